The van der Waals surface area contributed by atoms with Crippen LogP contribution in [-0.4, -0.2) is 64.5 Å². The molecule has 4 heterocycles. The molecular weight excluding hydrogens is 454 g/mol. The van der Waals surface area contributed by atoms with Crippen LogP contribution in [0, 0.1) is 0 Å². The van der Waals surface area contributed by atoms with Crippen molar-refractivity contribution in [3.05, 3.63) is 69.9 Å². The van der Waals surface area contributed by atoms with Crippen LogP contribution in [0.3, 0.4) is 0 Å². The number of fused-ring (bicyclic) bond motifs is 2. The van der Waals surface area contributed by atoms with Crippen molar-refractivity contribution in [1.29, 1.82) is 0 Å². The fourth-order valence-corrected chi connectivity index (χ4v) is 6.46. The third-order valence-corrected chi connectivity index (χ3v) is 8.67. The Balaban J connectivity index is 1.21. The van der Waals surface area contributed by atoms with Gasteiger partial charge >= 0.3 is 0 Å². The van der Waals surface area contributed by atoms with Crippen LogP contribution in [0.25, 0.3) is 22.4 Å². The summed E-state index contributed by atoms with van der Waals surface area (Å²) in [6.45, 7) is 8.66. The molecule has 2 aromatic carbocycles. The first kappa shape index (κ1) is 22.3. The smallest absolute Gasteiger partial charge is 0.264 e. The Bertz CT molecular complexity index is 1380. The highest BCUT2D eigenvalue weighted by atomic mass is 32.1. The van der Waals surface area contributed by atoms with Crippen LogP contribution in [0.4, 0.5) is 5.69 Å². The monoisotopic (exact) mass is 485 g/mol. The number of rotatable bonds is 4. The lowest BCUT2D eigenvalue weighted by molar-refractivity contribution is 0.0648. The van der Waals surface area contributed by atoms with Gasteiger partial charge in [-0.1, -0.05) is 31.2 Å². The summed E-state index contributed by atoms with van der Waals surface area (Å²) in [6, 6.07) is 19.1. The van der Waals surface area contributed by atoms with E-state index in [-0.39, 0.29) is 5.91 Å². The summed E-state index contributed by atoms with van der Waals surface area (Å²) >= 11 is 1.70. The molecule has 4 aromatic rings. The summed E-state index contributed by atoms with van der Waals surface area (Å²) in [7, 11) is 2.08. The number of amides is 1. The molecule has 0 spiro atoms. The minimum absolute atomic E-state index is 0.204. The van der Waals surface area contributed by atoms with E-state index >= 15 is 0 Å². The number of aromatic nitrogens is 2. The van der Waals surface area contributed by atoms with E-state index in [1.54, 1.807) is 11.3 Å². The van der Waals surface area contributed by atoms with E-state index in [2.05, 4.69) is 76.9 Å². The van der Waals surface area contributed by atoms with Gasteiger partial charge in [-0.25, -0.2) is 4.98 Å². The highest BCUT2D eigenvalue weighted by Crippen LogP contribution is 2.33. The lowest BCUT2D eigenvalue weighted by Gasteiger charge is -2.33. The van der Waals surface area contributed by atoms with Gasteiger partial charge in [0.25, 0.3) is 5.91 Å². The fourth-order valence-electron chi connectivity index (χ4n) is 5.33. The number of carbonyl (C=O) groups is 1. The van der Waals surface area contributed by atoms with Crippen LogP contribution in [-0.2, 0) is 20.0 Å². The predicted molar refractivity (Wildman–Crippen MR) is 143 cm³/mol. The molecule has 0 radical (unpaired) electrons. The summed E-state index contributed by atoms with van der Waals surface area (Å²) in [5, 5.41) is 0. The van der Waals surface area contributed by atoms with Crippen molar-refractivity contribution in [1.82, 2.24) is 19.4 Å². The average molecular weight is 486 g/mol. The largest absolute Gasteiger partial charge is 0.367 e. The molecule has 1 fully saturated rings. The molecular formula is C28H31N5OS. The molecule has 1 amide bonds. The molecule has 6 rings (SSSR count). The van der Waals surface area contributed by atoms with Gasteiger partial charge < -0.3 is 19.3 Å². The number of imidazole rings is 1. The zero-order valence-corrected chi connectivity index (χ0v) is 21.2. The van der Waals surface area contributed by atoms with Gasteiger partial charge in [0.15, 0.2) is 0 Å². The van der Waals surface area contributed by atoms with Gasteiger partial charge in [0.05, 0.1) is 15.9 Å². The Labute approximate surface area is 210 Å². The number of thiophene rings is 1. The molecule has 1 saturated heterocycles. The number of benzene rings is 2. The SMILES string of the molecule is CCN1CCN(C(=O)c2cc3c(s2)CCN(c2cccc(-c4nc5ccccc5n4C)c2)C3)CC1. The lowest BCUT2D eigenvalue weighted by Crippen LogP contribution is -2.48. The van der Waals surface area contributed by atoms with Crippen molar-refractivity contribution in [3.63, 3.8) is 0 Å². The molecule has 0 atom stereocenters. The van der Waals surface area contributed by atoms with Crippen molar-refractivity contribution in [2.24, 2.45) is 7.05 Å². The van der Waals surface area contributed by atoms with Gasteiger partial charge in [0.1, 0.15) is 5.82 Å². The highest BCUT2D eigenvalue weighted by molar-refractivity contribution is 7.14. The number of hydrogen-bond acceptors (Lipinski definition) is 5. The number of nitrogens with zero attached hydrogens (tertiary/aromatic N) is 5. The minimum atomic E-state index is 0.204. The van der Waals surface area contributed by atoms with Gasteiger partial charge in [0, 0.05) is 62.4 Å². The normalized spacial score (nSPS) is 16.6. The Hall–Kier alpha value is -3.16. The number of aryl methyl sites for hydroxylation is 1. The molecule has 0 saturated carbocycles. The van der Waals surface area contributed by atoms with Crippen molar-refractivity contribution in [3.8, 4) is 11.4 Å². The molecule has 0 bridgehead atoms. The molecule has 2 aromatic heterocycles. The first-order valence-corrected chi connectivity index (χ1v) is 13.3. The maximum Gasteiger partial charge on any atom is 0.264 e. The van der Waals surface area contributed by atoms with E-state index in [1.807, 2.05) is 11.0 Å². The van der Waals surface area contributed by atoms with Gasteiger partial charge in [-0.2, -0.15) is 0 Å². The van der Waals surface area contributed by atoms with Crippen LogP contribution >= 0.6 is 11.3 Å². The Morgan fingerprint density at radius 1 is 1.00 bits per heavy atom. The number of piperazine rings is 1. The Morgan fingerprint density at radius 2 is 1.83 bits per heavy atom. The van der Waals surface area contributed by atoms with E-state index in [0.29, 0.717) is 0 Å². The summed E-state index contributed by atoms with van der Waals surface area (Å²) in [5.41, 5.74) is 5.78. The van der Waals surface area contributed by atoms with Crippen LogP contribution in [0.5, 0.6) is 0 Å². The van der Waals surface area contributed by atoms with Gasteiger partial charge in [-0.05, 0) is 48.9 Å². The third kappa shape index (κ3) is 4.13. The molecule has 2 aliphatic rings. The third-order valence-electron chi connectivity index (χ3n) is 7.44. The van der Waals surface area contributed by atoms with Gasteiger partial charge in [-0.15, -0.1) is 11.3 Å². The Morgan fingerprint density at radius 3 is 2.63 bits per heavy atom. The topological polar surface area (TPSA) is 44.6 Å². The Kier molecular flexibility index (Phi) is 5.82. The van der Waals surface area contributed by atoms with E-state index in [4.69, 9.17) is 4.98 Å². The fraction of sp³-hybridized carbons (Fsp3) is 0.357. The number of carbonyl (C=O) groups excluding carboxylic acids is 1. The van der Waals surface area contributed by atoms with Crippen LogP contribution in [0.1, 0.15) is 27.0 Å². The second-order valence-electron chi connectivity index (χ2n) is 9.49. The molecule has 2 aliphatic heterocycles. The van der Waals surface area contributed by atoms with E-state index in [0.717, 1.165) is 79.5 Å². The second kappa shape index (κ2) is 9.13. The molecule has 0 unspecified atom stereocenters. The van der Waals surface area contributed by atoms with Gasteiger partial charge in [0.2, 0.25) is 0 Å². The van der Waals surface area contributed by atoms with E-state index < -0.39 is 0 Å². The number of anilines is 1. The zero-order chi connectivity index (χ0) is 23.9. The molecule has 35 heavy (non-hydrogen) atoms. The first-order valence-electron chi connectivity index (χ1n) is 12.5. The van der Waals surface area contributed by atoms with Crippen LogP contribution in [0.15, 0.2) is 54.6 Å². The summed E-state index contributed by atoms with van der Waals surface area (Å²) < 4.78 is 2.17. The lowest BCUT2D eigenvalue weighted by atomic mass is 10.1. The molecule has 6 nitrogen and oxygen atoms in total. The maximum atomic E-state index is 13.2. The van der Waals surface area contributed by atoms with E-state index in [9.17, 15) is 4.79 Å². The van der Waals surface area contributed by atoms with Crippen molar-refractivity contribution < 1.29 is 4.79 Å². The zero-order valence-electron chi connectivity index (χ0n) is 20.4. The van der Waals surface area contributed by atoms with Crippen molar-refractivity contribution in [2.45, 2.75) is 19.9 Å². The quantitative estimate of drug-likeness (QED) is 0.422. The summed E-state index contributed by atoms with van der Waals surface area (Å²) in [6.07, 6.45) is 0.980. The number of para-hydroxylation sites is 2. The van der Waals surface area contributed by atoms with Crippen LogP contribution in [0.2, 0.25) is 0 Å². The molecule has 0 aliphatic carbocycles. The maximum absolute atomic E-state index is 13.2. The number of likely N-dealkylation sites (N-methyl/N-ethyl adjacent to an activating group) is 1. The molecule has 7 heteroatoms. The highest BCUT2D eigenvalue weighted by Gasteiger charge is 2.26. The molecule has 180 valence electrons. The summed E-state index contributed by atoms with van der Waals surface area (Å²) in [4.78, 5) is 27.2. The summed E-state index contributed by atoms with van der Waals surface area (Å²) in [5.74, 6) is 1.19. The number of hydrogen-bond donors (Lipinski definition) is 0. The molecule has 0 N–H and O–H groups in total. The standard InChI is InChI=1S/C28H31N5OS/c1-3-31-13-15-32(16-14-31)28(34)26-18-21-19-33(12-11-25(21)35-26)22-8-6-7-20(17-22)27-29-23-9-4-5-10-24(23)30(27)2/h4-10,17-18H,3,11-16,19H2,1-2H3. The van der Waals surface area contributed by atoms with E-state index in [1.165, 1.54) is 16.1 Å². The van der Waals surface area contributed by atoms with Crippen molar-refractivity contribution in [2.75, 3.05) is 44.2 Å². The average Bonchev–Trinajstić information content (AvgIpc) is 3.49. The predicted octanol–water partition coefficient (Wildman–Crippen LogP) is 4.64. The minimum Gasteiger partial charge on any atom is -0.367 e. The van der Waals surface area contributed by atoms with Gasteiger partial charge in [-0.3, -0.25) is 4.79 Å². The van der Waals surface area contributed by atoms with Crippen LogP contribution < -0.4 is 4.90 Å². The first-order chi connectivity index (χ1) is 17.1. The second-order valence-corrected chi connectivity index (χ2v) is 10.6. The van der Waals surface area contributed by atoms with Crippen molar-refractivity contribution >= 4 is 34.0 Å².